The average Bonchev–Trinajstić information content (AvgIpc) is 2.73. The Morgan fingerprint density at radius 1 is 1.17 bits per heavy atom. The number of benzene rings is 1. The first-order valence-electron chi connectivity index (χ1n) is 4.90. The zero-order valence-electron chi connectivity index (χ0n) is 7.56. The van der Waals surface area contributed by atoms with E-state index < -0.39 is 0 Å². The summed E-state index contributed by atoms with van der Waals surface area (Å²) in [5.74, 6) is 0. The van der Waals surface area contributed by atoms with E-state index in [1.807, 2.05) is 0 Å². The molecule has 0 radical (unpaired) electrons. The van der Waals surface area contributed by atoms with Gasteiger partial charge in [-0.25, -0.2) is 0 Å². The summed E-state index contributed by atoms with van der Waals surface area (Å²) in [7, 11) is 0. The minimum absolute atomic E-state index is 0.670. The first-order chi connectivity index (χ1) is 5.80. The fraction of sp³-hybridized carbons (Fsp3) is 0.500. The Kier molecular flexibility index (Phi) is 1.08. The monoisotopic (exact) mass is 158 g/mol. The van der Waals surface area contributed by atoms with Crippen molar-refractivity contribution in [2.45, 2.75) is 38.0 Å². The van der Waals surface area contributed by atoms with Gasteiger partial charge in [0.25, 0.3) is 0 Å². The summed E-state index contributed by atoms with van der Waals surface area (Å²) in [4.78, 5) is 0. The molecule has 0 aromatic heterocycles. The van der Waals surface area contributed by atoms with Crippen molar-refractivity contribution in [3.8, 4) is 0 Å². The normalized spacial score (nSPS) is 22.8. The van der Waals surface area contributed by atoms with Crippen LogP contribution in [0.2, 0.25) is 0 Å². The van der Waals surface area contributed by atoms with Gasteiger partial charge < -0.3 is 0 Å². The van der Waals surface area contributed by atoms with Crippen molar-refractivity contribution in [2.24, 2.45) is 0 Å². The minimum Gasteiger partial charge on any atom is -0.0590 e. The van der Waals surface area contributed by atoms with Gasteiger partial charge in [-0.15, -0.1) is 0 Å². The van der Waals surface area contributed by atoms with E-state index in [0.717, 1.165) is 0 Å². The van der Waals surface area contributed by atoms with Gasteiger partial charge in [-0.05, 0) is 49.1 Å². The maximum absolute atomic E-state index is 2.38. The molecule has 1 saturated carbocycles. The topological polar surface area (TPSA) is 0 Å². The molecule has 0 aliphatic heterocycles. The largest absolute Gasteiger partial charge is 0.0590 e. The van der Waals surface area contributed by atoms with Gasteiger partial charge in [-0.3, -0.25) is 0 Å². The highest BCUT2D eigenvalue weighted by Crippen LogP contribution is 2.56. The Hall–Kier alpha value is -0.780. The van der Waals surface area contributed by atoms with Crippen molar-refractivity contribution in [1.82, 2.24) is 0 Å². The third-order valence-electron chi connectivity index (χ3n) is 3.56. The maximum atomic E-state index is 2.38. The number of hydrogen-bond acceptors (Lipinski definition) is 0. The molecule has 2 aliphatic rings. The minimum atomic E-state index is 0.670. The third kappa shape index (κ3) is 0.730. The van der Waals surface area contributed by atoms with Crippen LogP contribution < -0.4 is 0 Å². The molecule has 3 rings (SSSR count). The molecule has 0 N–H and O–H groups in total. The zero-order chi connectivity index (χ0) is 8.18. The van der Waals surface area contributed by atoms with Crippen LogP contribution in [0.25, 0.3) is 0 Å². The van der Waals surface area contributed by atoms with E-state index in [2.05, 4.69) is 25.1 Å². The maximum Gasteiger partial charge on any atom is -0.00404 e. The molecule has 0 amide bonds. The summed E-state index contributed by atoms with van der Waals surface area (Å²) >= 11 is 0. The molecule has 0 atom stereocenters. The molecule has 0 heterocycles. The standard InChI is InChI=1S/C12H14/c1-9-2-3-11-10(8-9)4-5-12(11)6-7-12/h2-3,8H,4-7H2,1H3. The van der Waals surface area contributed by atoms with Crippen LogP contribution in [0.3, 0.4) is 0 Å². The Morgan fingerprint density at radius 3 is 2.75 bits per heavy atom. The summed E-state index contributed by atoms with van der Waals surface area (Å²) in [6.07, 6.45) is 5.65. The SMILES string of the molecule is Cc1ccc2c(c1)CCC21CC1. The lowest BCUT2D eigenvalue weighted by molar-refractivity contribution is 0.681. The van der Waals surface area contributed by atoms with Crippen LogP contribution in [-0.2, 0) is 11.8 Å². The van der Waals surface area contributed by atoms with Crippen LogP contribution in [0.1, 0.15) is 36.0 Å². The highest BCUT2D eigenvalue weighted by molar-refractivity contribution is 5.44. The smallest absolute Gasteiger partial charge is 0.00404 e. The average molecular weight is 158 g/mol. The Bertz CT molecular complexity index is 332. The van der Waals surface area contributed by atoms with Crippen molar-refractivity contribution >= 4 is 0 Å². The summed E-state index contributed by atoms with van der Waals surface area (Å²) in [6, 6.07) is 7.01. The molecule has 2 aliphatic carbocycles. The van der Waals surface area contributed by atoms with Gasteiger partial charge in [0.05, 0.1) is 0 Å². The molecule has 0 bridgehead atoms. The second-order valence-corrected chi connectivity index (χ2v) is 4.44. The lowest BCUT2D eigenvalue weighted by Crippen LogP contribution is -1.98. The molecular formula is C12H14. The van der Waals surface area contributed by atoms with Gasteiger partial charge in [-0.1, -0.05) is 23.8 Å². The predicted molar refractivity (Wildman–Crippen MR) is 50.4 cm³/mol. The first-order valence-corrected chi connectivity index (χ1v) is 4.90. The summed E-state index contributed by atoms with van der Waals surface area (Å²) < 4.78 is 0. The Balaban J connectivity index is 2.18. The molecule has 12 heavy (non-hydrogen) atoms. The molecule has 0 saturated heterocycles. The predicted octanol–water partition coefficient (Wildman–Crippen LogP) is 2.97. The fourth-order valence-corrected chi connectivity index (χ4v) is 2.63. The molecule has 0 nitrogen and oxygen atoms in total. The van der Waals surface area contributed by atoms with Crippen LogP contribution in [0.4, 0.5) is 0 Å². The number of rotatable bonds is 0. The van der Waals surface area contributed by atoms with Crippen molar-refractivity contribution in [1.29, 1.82) is 0 Å². The third-order valence-corrected chi connectivity index (χ3v) is 3.56. The van der Waals surface area contributed by atoms with E-state index in [4.69, 9.17) is 0 Å². The molecule has 62 valence electrons. The molecular weight excluding hydrogens is 144 g/mol. The Morgan fingerprint density at radius 2 is 2.00 bits per heavy atom. The Labute approximate surface area is 73.6 Å². The highest BCUT2D eigenvalue weighted by atomic mass is 14.5. The second-order valence-electron chi connectivity index (χ2n) is 4.44. The van der Waals surface area contributed by atoms with Crippen LogP contribution >= 0.6 is 0 Å². The van der Waals surface area contributed by atoms with Crippen molar-refractivity contribution in [3.63, 3.8) is 0 Å². The molecule has 1 aromatic carbocycles. The molecule has 0 heteroatoms. The van der Waals surface area contributed by atoms with E-state index in [-0.39, 0.29) is 0 Å². The van der Waals surface area contributed by atoms with E-state index in [9.17, 15) is 0 Å². The van der Waals surface area contributed by atoms with Crippen molar-refractivity contribution < 1.29 is 0 Å². The van der Waals surface area contributed by atoms with Crippen LogP contribution in [0.5, 0.6) is 0 Å². The lowest BCUT2D eigenvalue weighted by atomic mass is 9.98. The van der Waals surface area contributed by atoms with Crippen molar-refractivity contribution in [3.05, 3.63) is 34.9 Å². The van der Waals surface area contributed by atoms with Gasteiger partial charge in [0.15, 0.2) is 0 Å². The van der Waals surface area contributed by atoms with Gasteiger partial charge in [0.2, 0.25) is 0 Å². The van der Waals surface area contributed by atoms with Gasteiger partial charge in [0.1, 0.15) is 0 Å². The summed E-state index contributed by atoms with van der Waals surface area (Å²) in [5.41, 5.74) is 5.40. The van der Waals surface area contributed by atoms with E-state index in [0.29, 0.717) is 5.41 Å². The highest BCUT2D eigenvalue weighted by Gasteiger charge is 2.48. The van der Waals surface area contributed by atoms with Crippen LogP contribution in [0, 0.1) is 6.92 Å². The van der Waals surface area contributed by atoms with Crippen LogP contribution in [0.15, 0.2) is 18.2 Å². The molecule has 0 unspecified atom stereocenters. The molecule has 1 spiro atoms. The van der Waals surface area contributed by atoms with Gasteiger partial charge in [0, 0.05) is 0 Å². The number of fused-ring (bicyclic) bond motifs is 2. The lowest BCUT2D eigenvalue weighted by Gasteiger charge is -2.07. The van der Waals surface area contributed by atoms with Crippen LogP contribution in [-0.4, -0.2) is 0 Å². The fourth-order valence-electron chi connectivity index (χ4n) is 2.63. The number of hydrogen-bond donors (Lipinski definition) is 0. The zero-order valence-corrected chi connectivity index (χ0v) is 7.56. The van der Waals surface area contributed by atoms with Gasteiger partial charge >= 0.3 is 0 Å². The number of aryl methyl sites for hydroxylation is 2. The van der Waals surface area contributed by atoms with E-state index in [1.165, 1.54) is 31.2 Å². The second kappa shape index (κ2) is 1.93. The molecule has 1 fully saturated rings. The molecule has 1 aromatic rings. The summed E-state index contributed by atoms with van der Waals surface area (Å²) in [6.45, 7) is 2.19. The first kappa shape index (κ1) is 6.71. The quantitative estimate of drug-likeness (QED) is 0.544. The van der Waals surface area contributed by atoms with E-state index >= 15 is 0 Å². The summed E-state index contributed by atoms with van der Waals surface area (Å²) in [5, 5.41) is 0. The van der Waals surface area contributed by atoms with Gasteiger partial charge in [-0.2, -0.15) is 0 Å². The van der Waals surface area contributed by atoms with Crippen molar-refractivity contribution in [2.75, 3.05) is 0 Å². The van der Waals surface area contributed by atoms with E-state index in [1.54, 1.807) is 11.1 Å².